The van der Waals surface area contributed by atoms with E-state index in [4.69, 9.17) is 9.47 Å². The number of rotatable bonds is 8. The molecule has 0 amide bonds. The first-order valence-corrected chi connectivity index (χ1v) is 10.1. The fourth-order valence-corrected chi connectivity index (χ4v) is 4.72. The van der Waals surface area contributed by atoms with Gasteiger partial charge in [-0.05, 0) is 25.0 Å². The molecular formula is C17H26N2O4S. The van der Waals surface area contributed by atoms with Crippen LogP contribution in [0.4, 0.5) is 0 Å². The normalized spacial score (nSPS) is 20.7. The lowest BCUT2D eigenvalue weighted by Gasteiger charge is -2.41. The number of para-hydroxylation sites is 1. The van der Waals surface area contributed by atoms with Crippen molar-refractivity contribution in [2.75, 3.05) is 39.4 Å². The highest BCUT2D eigenvalue weighted by atomic mass is 32.2. The highest BCUT2D eigenvalue weighted by Crippen LogP contribution is 2.22. The third-order valence-corrected chi connectivity index (χ3v) is 6.40. The smallest absolute Gasteiger partial charge is 0.282 e. The Morgan fingerprint density at radius 2 is 1.67 bits per heavy atom. The summed E-state index contributed by atoms with van der Waals surface area (Å²) in [6, 6.07) is 9.69. The van der Waals surface area contributed by atoms with Gasteiger partial charge in [0.2, 0.25) is 0 Å². The Bertz CT molecular complexity index is 596. The van der Waals surface area contributed by atoms with Gasteiger partial charge in [0.05, 0.1) is 19.3 Å². The molecule has 134 valence electrons. The molecule has 0 bridgehead atoms. The SMILES string of the molecule is O=S(=O)(N1CCCCC1)N1CC(OCCCOc2ccccc2)C1. The van der Waals surface area contributed by atoms with E-state index in [0.717, 1.165) is 31.4 Å². The summed E-state index contributed by atoms with van der Waals surface area (Å²) in [6.07, 6.45) is 3.87. The molecule has 7 heteroatoms. The van der Waals surface area contributed by atoms with Crippen LogP contribution in [0.2, 0.25) is 0 Å². The standard InChI is InChI=1S/C17H26N2O4S/c20-24(21,18-10-5-2-6-11-18)19-14-17(15-19)23-13-7-12-22-16-8-3-1-4-9-16/h1,3-4,8-9,17H,2,5-7,10-15H2. The van der Waals surface area contributed by atoms with Crippen molar-refractivity contribution in [3.8, 4) is 5.75 Å². The molecular weight excluding hydrogens is 328 g/mol. The van der Waals surface area contributed by atoms with E-state index in [9.17, 15) is 8.42 Å². The summed E-state index contributed by atoms with van der Waals surface area (Å²) in [5, 5.41) is 0. The van der Waals surface area contributed by atoms with Gasteiger partial charge in [-0.15, -0.1) is 0 Å². The molecule has 2 fully saturated rings. The van der Waals surface area contributed by atoms with Crippen LogP contribution in [0.5, 0.6) is 5.75 Å². The van der Waals surface area contributed by atoms with Crippen molar-refractivity contribution in [1.82, 2.24) is 8.61 Å². The Balaban J connectivity index is 1.29. The van der Waals surface area contributed by atoms with E-state index in [1.807, 2.05) is 30.3 Å². The summed E-state index contributed by atoms with van der Waals surface area (Å²) in [7, 11) is -3.27. The number of ether oxygens (including phenoxy) is 2. The molecule has 2 heterocycles. The molecule has 0 N–H and O–H groups in total. The molecule has 2 aliphatic rings. The van der Waals surface area contributed by atoms with Crippen molar-refractivity contribution in [2.24, 2.45) is 0 Å². The Kier molecular flexibility index (Phi) is 6.10. The maximum atomic E-state index is 12.4. The van der Waals surface area contributed by atoms with Crippen LogP contribution in [-0.2, 0) is 14.9 Å². The number of benzene rings is 1. The molecule has 24 heavy (non-hydrogen) atoms. The first-order valence-electron chi connectivity index (χ1n) is 8.71. The van der Waals surface area contributed by atoms with Gasteiger partial charge in [0.15, 0.2) is 0 Å². The monoisotopic (exact) mass is 354 g/mol. The summed E-state index contributed by atoms with van der Waals surface area (Å²) in [5.41, 5.74) is 0. The Morgan fingerprint density at radius 1 is 0.958 bits per heavy atom. The molecule has 1 aromatic carbocycles. The molecule has 0 aliphatic carbocycles. The third kappa shape index (κ3) is 4.47. The second-order valence-electron chi connectivity index (χ2n) is 6.29. The van der Waals surface area contributed by atoms with E-state index in [0.29, 0.717) is 39.4 Å². The van der Waals surface area contributed by atoms with Gasteiger partial charge >= 0.3 is 0 Å². The van der Waals surface area contributed by atoms with Crippen molar-refractivity contribution in [3.05, 3.63) is 30.3 Å². The van der Waals surface area contributed by atoms with Gasteiger partial charge in [0.1, 0.15) is 5.75 Å². The van der Waals surface area contributed by atoms with E-state index < -0.39 is 10.2 Å². The average molecular weight is 354 g/mol. The largest absolute Gasteiger partial charge is 0.494 e. The molecule has 1 aromatic rings. The van der Waals surface area contributed by atoms with Crippen molar-refractivity contribution < 1.29 is 17.9 Å². The van der Waals surface area contributed by atoms with Crippen LogP contribution in [0.3, 0.4) is 0 Å². The van der Waals surface area contributed by atoms with E-state index in [-0.39, 0.29) is 6.10 Å². The first kappa shape index (κ1) is 17.7. The third-order valence-electron chi connectivity index (χ3n) is 4.44. The zero-order valence-corrected chi connectivity index (χ0v) is 14.8. The maximum absolute atomic E-state index is 12.4. The van der Waals surface area contributed by atoms with Crippen LogP contribution in [-0.4, -0.2) is 62.5 Å². The van der Waals surface area contributed by atoms with E-state index in [2.05, 4.69) is 0 Å². The van der Waals surface area contributed by atoms with E-state index in [1.165, 1.54) is 4.31 Å². The van der Waals surface area contributed by atoms with Crippen molar-refractivity contribution in [1.29, 1.82) is 0 Å². The second-order valence-corrected chi connectivity index (χ2v) is 8.22. The van der Waals surface area contributed by atoms with Gasteiger partial charge in [-0.3, -0.25) is 0 Å². The van der Waals surface area contributed by atoms with Crippen LogP contribution in [0, 0.1) is 0 Å². The minimum atomic E-state index is -3.27. The van der Waals surface area contributed by atoms with Crippen LogP contribution in [0.25, 0.3) is 0 Å². The zero-order chi connectivity index (χ0) is 16.8. The van der Waals surface area contributed by atoms with Crippen LogP contribution in [0.15, 0.2) is 30.3 Å². The van der Waals surface area contributed by atoms with Crippen molar-refractivity contribution in [3.63, 3.8) is 0 Å². The predicted molar refractivity (Wildman–Crippen MR) is 92.2 cm³/mol. The average Bonchev–Trinajstić information content (AvgIpc) is 2.57. The highest BCUT2D eigenvalue weighted by Gasteiger charge is 2.39. The molecule has 0 spiro atoms. The lowest BCUT2D eigenvalue weighted by molar-refractivity contribution is -0.0255. The minimum Gasteiger partial charge on any atom is -0.494 e. The zero-order valence-electron chi connectivity index (χ0n) is 14.0. The quantitative estimate of drug-likeness (QED) is 0.669. The molecule has 0 saturated carbocycles. The second kappa shape index (κ2) is 8.29. The Labute approximate surface area is 144 Å². The topological polar surface area (TPSA) is 59.1 Å². The van der Waals surface area contributed by atoms with E-state index in [1.54, 1.807) is 4.31 Å². The number of piperidine rings is 1. The fraction of sp³-hybridized carbons (Fsp3) is 0.647. The van der Waals surface area contributed by atoms with Crippen molar-refractivity contribution >= 4 is 10.2 Å². The Morgan fingerprint density at radius 3 is 2.38 bits per heavy atom. The van der Waals surface area contributed by atoms with Crippen LogP contribution in [0.1, 0.15) is 25.7 Å². The number of hydrogen-bond acceptors (Lipinski definition) is 4. The van der Waals surface area contributed by atoms with Crippen LogP contribution < -0.4 is 4.74 Å². The minimum absolute atomic E-state index is 0.0151. The molecule has 6 nitrogen and oxygen atoms in total. The molecule has 0 unspecified atom stereocenters. The fourth-order valence-electron chi connectivity index (χ4n) is 2.97. The number of nitrogens with zero attached hydrogens (tertiary/aromatic N) is 2. The van der Waals surface area contributed by atoms with Gasteiger partial charge in [-0.2, -0.15) is 17.0 Å². The maximum Gasteiger partial charge on any atom is 0.282 e. The molecule has 3 rings (SSSR count). The highest BCUT2D eigenvalue weighted by molar-refractivity contribution is 7.86. The van der Waals surface area contributed by atoms with Gasteiger partial charge in [-0.25, -0.2) is 0 Å². The predicted octanol–water partition coefficient (Wildman–Crippen LogP) is 1.89. The van der Waals surface area contributed by atoms with E-state index >= 15 is 0 Å². The molecule has 2 saturated heterocycles. The summed E-state index contributed by atoms with van der Waals surface area (Å²) in [5.74, 6) is 0.861. The first-order chi connectivity index (χ1) is 11.7. The summed E-state index contributed by atoms with van der Waals surface area (Å²) in [6.45, 7) is 3.45. The molecule has 0 aromatic heterocycles. The van der Waals surface area contributed by atoms with Gasteiger partial charge in [0, 0.05) is 32.6 Å². The lowest BCUT2D eigenvalue weighted by Crippen LogP contribution is -2.59. The molecule has 0 radical (unpaired) electrons. The van der Waals surface area contributed by atoms with Gasteiger partial charge < -0.3 is 9.47 Å². The lowest BCUT2D eigenvalue weighted by atomic mass is 10.2. The van der Waals surface area contributed by atoms with Gasteiger partial charge in [-0.1, -0.05) is 24.6 Å². The van der Waals surface area contributed by atoms with Crippen molar-refractivity contribution in [2.45, 2.75) is 31.8 Å². The summed E-state index contributed by atoms with van der Waals surface area (Å²) in [4.78, 5) is 0. The Hall–Kier alpha value is -1.15. The molecule has 2 aliphatic heterocycles. The summed E-state index contributed by atoms with van der Waals surface area (Å²) >= 11 is 0. The number of hydrogen-bond donors (Lipinski definition) is 0. The van der Waals surface area contributed by atoms with Gasteiger partial charge in [0.25, 0.3) is 10.2 Å². The summed E-state index contributed by atoms with van der Waals surface area (Å²) < 4.78 is 39.3. The van der Waals surface area contributed by atoms with Crippen LogP contribution >= 0.6 is 0 Å². The molecule has 0 atom stereocenters.